The van der Waals surface area contributed by atoms with Crippen LogP contribution in [-0.4, -0.2) is 28.9 Å². The second-order valence-electron chi connectivity index (χ2n) is 11.1. The Balaban J connectivity index is 1.46. The summed E-state index contributed by atoms with van der Waals surface area (Å²) in [6.45, 7) is 0. The first-order valence-electron chi connectivity index (χ1n) is 14.7. The third-order valence-corrected chi connectivity index (χ3v) is 8.71. The van der Waals surface area contributed by atoms with Crippen LogP contribution >= 0.6 is 0 Å². The minimum Gasteiger partial charge on any atom is -0.292 e. The number of nitrogens with zero attached hydrogens (tertiary/aromatic N) is 6. The SMILES string of the molecule is c1ccc(-c2nc3ccccc3nc2-n2c3cccc4c5ccccc5n5c(-c6ccccn6)nc6ccc2c(c43)c65)cc1. The molecule has 0 fully saturated rings. The highest BCUT2D eigenvalue weighted by Gasteiger charge is 2.25. The van der Waals surface area contributed by atoms with Gasteiger partial charge >= 0.3 is 0 Å². The van der Waals surface area contributed by atoms with Gasteiger partial charge in [-0.25, -0.2) is 15.0 Å². The average Bonchev–Trinajstić information content (AvgIpc) is 3.60. The second-order valence-corrected chi connectivity index (χ2v) is 11.1. The van der Waals surface area contributed by atoms with Crippen LogP contribution in [0.5, 0.6) is 0 Å². The molecule has 44 heavy (non-hydrogen) atoms. The van der Waals surface area contributed by atoms with E-state index in [4.69, 9.17) is 19.9 Å². The van der Waals surface area contributed by atoms with Crippen LogP contribution in [0, 0.1) is 0 Å². The minimum absolute atomic E-state index is 0.802. The highest BCUT2D eigenvalue weighted by atomic mass is 15.1. The Bertz CT molecular complexity index is 2710. The van der Waals surface area contributed by atoms with Gasteiger partial charge in [0.05, 0.1) is 38.6 Å². The summed E-state index contributed by atoms with van der Waals surface area (Å²) in [5.41, 5.74) is 9.65. The highest BCUT2D eigenvalue weighted by Crippen LogP contribution is 2.44. The number of fused-ring (bicyclic) bond motifs is 4. The molecule has 0 aliphatic carbocycles. The topological polar surface area (TPSA) is 60.9 Å². The lowest BCUT2D eigenvalue weighted by molar-refractivity contribution is 1.08. The van der Waals surface area contributed by atoms with E-state index in [1.807, 2.05) is 54.7 Å². The van der Waals surface area contributed by atoms with Gasteiger partial charge in [-0.05, 0) is 53.9 Å². The van der Waals surface area contributed by atoms with Crippen molar-refractivity contribution in [3.63, 3.8) is 0 Å². The zero-order chi connectivity index (χ0) is 28.8. The van der Waals surface area contributed by atoms with Gasteiger partial charge in [0.2, 0.25) is 0 Å². The first-order valence-corrected chi connectivity index (χ1v) is 14.7. The van der Waals surface area contributed by atoms with Crippen molar-refractivity contribution >= 4 is 60.2 Å². The molecule has 0 spiro atoms. The summed E-state index contributed by atoms with van der Waals surface area (Å²) in [6.07, 6.45) is 1.83. The third kappa shape index (κ3) is 3.08. The number of hydrogen-bond donors (Lipinski definition) is 0. The van der Waals surface area contributed by atoms with Crippen molar-refractivity contribution in [1.82, 2.24) is 28.9 Å². The standard InChI is InChI=1S/C38H22N6/c1-2-11-23(12-3-1)35-38(41-27-16-6-5-15-26(27)40-35)43-31-19-10-14-25-24-13-4-7-18-30(24)44-36-28(20-21-32(43)34(36)33(25)31)42-37(44)29-17-8-9-22-39-29/h1-22H. The van der Waals surface area contributed by atoms with E-state index in [1.54, 1.807) is 0 Å². The maximum absolute atomic E-state index is 5.31. The molecule has 0 radical (unpaired) electrons. The number of rotatable bonds is 3. The van der Waals surface area contributed by atoms with Gasteiger partial charge in [-0.3, -0.25) is 14.0 Å². The fourth-order valence-electron chi connectivity index (χ4n) is 6.89. The molecule has 0 saturated carbocycles. The number of imidazole rings is 1. The molecule has 6 nitrogen and oxygen atoms in total. The van der Waals surface area contributed by atoms with E-state index in [1.165, 1.54) is 10.8 Å². The van der Waals surface area contributed by atoms with Crippen LogP contribution in [-0.2, 0) is 0 Å². The number of aromatic nitrogens is 6. The van der Waals surface area contributed by atoms with Crippen LogP contribution in [0.1, 0.15) is 0 Å². The number of para-hydroxylation sites is 3. The van der Waals surface area contributed by atoms with Crippen LogP contribution in [0.3, 0.4) is 0 Å². The molecule has 0 amide bonds. The number of hydrogen-bond acceptors (Lipinski definition) is 4. The maximum Gasteiger partial charge on any atom is 0.165 e. The summed E-state index contributed by atoms with van der Waals surface area (Å²) in [5, 5.41) is 4.66. The molecule has 5 aromatic heterocycles. The summed E-state index contributed by atoms with van der Waals surface area (Å²) in [5.74, 6) is 1.63. The van der Waals surface area contributed by atoms with Crippen molar-refractivity contribution in [2.45, 2.75) is 0 Å². The molecule has 0 unspecified atom stereocenters. The smallest absolute Gasteiger partial charge is 0.165 e. The summed E-state index contributed by atoms with van der Waals surface area (Å²) >= 11 is 0. The molecule has 0 aliphatic rings. The van der Waals surface area contributed by atoms with E-state index in [0.717, 1.165) is 78.0 Å². The first kappa shape index (κ1) is 23.4. The van der Waals surface area contributed by atoms with Crippen LogP contribution in [0.2, 0.25) is 0 Å². The molecule has 10 rings (SSSR count). The van der Waals surface area contributed by atoms with Gasteiger partial charge in [0.15, 0.2) is 11.6 Å². The zero-order valence-electron chi connectivity index (χ0n) is 23.4. The van der Waals surface area contributed by atoms with Crippen molar-refractivity contribution < 1.29 is 0 Å². The van der Waals surface area contributed by atoms with Crippen LogP contribution in [0.25, 0.3) is 88.8 Å². The first-order chi connectivity index (χ1) is 21.8. The Labute approximate surface area is 250 Å². The Kier molecular flexibility index (Phi) is 4.63. The van der Waals surface area contributed by atoms with Crippen molar-refractivity contribution in [1.29, 1.82) is 0 Å². The monoisotopic (exact) mass is 562 g/mol. The van der Waals surface area contributed by atoms with Gasteiger partial charge in [-0.1, -0.05) is 78.9 Å². The summed E-state index contributed by atoms with van der Waals surface area (Å²) in [7, 11) is 0. The summed E-state index contributed by atoms with van der Waals surface area (Å²) in [4.78, 5) is 20.4. The quantitative estimate of drug-likeness (QED) is 0.216. The Morgan fingerprint density at radius 3 is 2.07 bits per heavy atom. The van der Waals surface area contributed by atoms with E-state index >= 15 is 0 Å². The van der Waals surface area contributed by atoms with Gasteiger partial charge in [0, 0.05) is 27.9 Å². The fourth-order valence-corrected chi connectivity index (χ4v) is 6.89. The van der Waals surface area contributed by atoms with Crippen molar-refractivity contribution in [2.75, 3.05) is 0 Å². The molecule has 6 heteroatoms. The summed E-state index contributed by atoms with van der Waals surface area (Å²) in [6, 6.07) is 43.9. The highest BCUT2D eigenvalue weighted by molar-refractivity contribution is 6.30. The third-order valence-electron chi connectivity index (χ3n) is 8.71. The molecule has 0 bridgehead atoms. The molecule has 0 N–H and O–H groups in total. The van der Waals surface area contributed by atoms with E-state index in [9.17, 15) is 0 Å². The normalized spacial score (nSPS) is 12.1. The Hall–Kier alpha value is -6.14. The molecule has 5 aromatic carbocycles. The van der Waals surface area contributed by atoms with Gasteiger partial charge < -0.3 is 0 Å². The molecule has 204 valence electrons. The van der Waals surface area contributed by atoms with Crippen molar-refractivity contribution in [3.05, 3.63) is 134 Å². The van der Waals surface area contributed by atoms with Crippen molar-refractivity contribution in [3.8, 4) is 28.6 Å². The maximum atomic E-state index is 5.31. The molecule has 10 aromatic rings. The molecule has 5 heterocycles. The molecule has 0 saturated heterocycles. The fraction of sp³-hybridized carbons (Fsp3) is 0. The van der Waals surface area contributed by atoms with Crippen LogP contribution in [0.15, 0.2) is 134 Å². The molecule has 0 atom stereocenters. The van der Waals surface area contributed by atoms with Crippen LogP contribution < -0.4 is 0 Å². The number of benzene rings is 5. The molecule has 0 aliphatic heterocycles. The minimum atomic E-state index is 0.802. The van der Waals surface area contributed by atoms with Gasteiger partial charge in [-0.15, -0.1) is 0 Å². The predicted molar refractivity (Wildman–Crippen MR) is 177 cm³/mol. The Morgan fingerprint density at radius 2 is 1.20 bits per heavy atom. The lowest BCUT2D eigenvalue weighted by Gasteiger charge is -2.14. The van der Waals surface area contributed by atoms with Gasteiger partial charge in [0.25, 0.3) is 0 Å². The second kappa shape index (κ2) is 8.69. The van der Waals surface area contributed by atoms with Gasteiger partial charge in [-0.2, -0.15) is 0 Å². The lowest BCUT2D eigenvalue weighted by atomic mass is 10.1. The lowest BCUT2D eigenvalue weighted by Crippen LogP contribution is -2.03. The number of pyridine rings is 1. The largest absolute Gasteiger partial charge is 0.292 e. The van der Waals surface area contributed by atoms with E-state index in [2.05, 4.69) is 87.8 Å². The van der Waals surface area contributed by atoms with E-state index in [-0.39, 0.29) is 0 Å². The Morgan fingerprint density at radius 1 is 0.477 bits per heavy atom. The van der Waals surface area contributed by atoms with Crippen LogP contribution in [0.4, 0.5) is 0 Å². The average molecular weight is 563 g/mol. The van der Waals surface area contributed by atoms with Crippen molar-refractivity contribution in [2.24, 2.45) is 0 Å². The molecular formula is C38H22N6. The van der Waals surface area contributed by atoms with Gasteiger partial charge in [0.1, 0.15) is 11.4 Å². The van der Waals surface area contributed by atoms with E-state index < -0.39 is 0 Å². The summed E-state index contributed by atoms with van der Waals surface area (Å²) < 4.78 is 4.59. The molecular weight excluding hydrogens is 540 g/mol. The predicted octanol–water partition coefficient (Wildman–Crippen LogP) is 8.85. The zero-order valence-corrected chi connectivity index (χ0v) is 23.4. The van der Waals surface area contributed by atoms with E-state index in [0.29, 0.717) is 0 Å².